The third-order valence-corrected chi connectivity index (χ3v) is 4.52. The van der Waals surface area contributed by atoms with Gasteiger partial charge in [-0.2, -0.15) is 4.98 Å². The molecule has 2 atom stereocenters. The Morgan fingerprint density at radius 2 is 1.96 bits per heavy atom. The highest BCUT2D eigenvalue weighted by Crippen LogP contribution is 2.40. The molecule has 0 unspecified atom stereocenters. The van der Waals surface area contributed by atoms with Crippen molar-refractivity contribution in [3.8, 4) is 17.1 Å². The molecule has 0 saturated carbocycles. The molecule has 4 rings (SSSR count). The standard InChI is InChI=1S/C18H21N5O2/c1-18(2,3)15-14(8-11-24-15)16-20-17(25-21-16)12-4-6-13(7-5-12)23-10-9-19-22-23/h4-7,9-10,14-15H,8,11H2,1-3H3/t14-,15-/m0/s1. The normalized spacial score (nSPS) is 20.9. The molecule has 7 nitrogen and oxygen atoms in total. The number of nitrogens with zero attached hydrogens (tertiary/aromatic N) is 5. The molecule has 1 saturated heterocycles. The van der Waals surface area contributed by atoms with Crippen LogP contribution in [0.15, 0.2) is 41.2 Å². The van der Waals surface area contributed by atoms with E-state index in [0.717, 1.165) is 30.1 Å². The minimum Gasteiger partial charge on any atom is -0.377 e. The summed E-state index contributed by atoms with van der Waals surface area (Å²) in [6, 6.07) is 7.79. The van der Waals surface area contributed by atoms with Gasteiger partial charge in [-0.3, -0.25) is 0 Å². The first-order valence-corrected chi connectivity index (χ1v) is 8.45. The van der Waals surface area contributed by atoms with E-state index >= 15 is 0 Å². The molecule has 25 heavy (non-hydrogen) atoms. The molecule has 130 valence electrons. The van der Waals surface area contributed by atoms with Crippen molar-refractivity contribution in [3.05, 3.63) is 42.5 Å². The van der Waals surface area contributed by atoms with Crippen LogP contribution < -0.4 is 0 Å². The van der Waals surface area contributed by atoms with Gasteiger partial charge in [0.1, 0.15) is 0 Å². The van der Waals surface area contributed by atoms with Crippen LogP contribution in [0.3, 0.4) is 0 Å². The predicted molar refractivity (Wildman–Crippen MR) is 91.2 cm³/mol. The Labute approximate surface area is 146 Å². The molecule has 3 heterocycles. The molecule has 1 aliphatic rings. The molecule has 0 N–H and O–H groups in total. The highest BCUT2D eigenvalue weighted by atomic mass is 16.5. The minimum atomic E-state index is 0.0431. The van der Waals surface area contributed by atoms with E-state index in [1.54, 1.807) is 17.1 Å². The van der Waals surface area contributed by atoms with E-state index in [1.807, 2.05) is 24.3 Å². The molecule has 7 heteroatoms. The summed E-state index contributed by atoms with van der Waals surface area (Å²) in [5, 5.41) is 12.0. The third kappa shape index (κ3) is 3.07. The minimum absolute atomic E-state index is 0.0431. The van der Waals surface area contributed by atoms with E-state index < -0.39 is 0 Å². The molecule has 2 aromatic heterocycles. The van der Waals surface area contributed by atoms with Gasteiger partial charge in [0.05, 0.1) is 30.1 Å². The number of hydrogen-bond acceptors (Lipinski definition) is 6. The van der Waals surface area contributed by atoms with E-state index in [2.05, 4.69) is 41.2 Å². The average molecular weight is 339 g/mol. The summed E-state index contributed by atoms with van der Waals surface area (Å²) >= 11 is 0. The second kappa shape index (κ2) is 6.07. The molecule has 0 radical (unpaired) electrons. The molecule has 0 bridgehead atoms. The molecular formula is C18H21N5O2. The van der Waals surface area contributed by atoms with E-state index in [9.17, 15) is 0 Å². The highest BCUT2D eigenvalue weighted by Gasteiger charge is 2.40. The topological polar surface area (TPSA) is 78.9 Å². The van der Waals surface area contributed by atoms with Crippen molar-refractivity contribution < 1.29 is 9.26 Å². The van der Waals surface area contributed by atoms with Crippen molar-refractivity contribution in [1.82, 2.24) is 25.1 Å². The second-order valence-electron chi connectivity index (χ2n) is 7.40. The molecular weight excluding hydrogens is 318 g/mol. The fourth-order valence-corrected chi connectivity index (χ4v) is 3.31. The summed E-state index contributed by atoms with van der Waals surface area (Å²) in [6.07, 6.45) is 4.47. The zero-order chi connectivity index (χ0) is 17.4. The van der Waals surface area contributed by atoms with Crippen LogP contribution in [0, 0.1) is 5.41 Å². The Hall–Kier alpha value is -2.54. The predicted octanol–water partition coefficient (Wildman–Crippen LogP) is 3.24. The lowest BCUT2D eigenvalue weighted by molar-refractivity contribution is 0.0193. The quantitative estimate of drug-likeness (QED) is 0.729. The van der Waals surface area contributed by atoms with Crippen LogP contribution in [0.2, 0.25) is 0 Å². The van der Waals surface area contributed by atoms with Gasteiger partial charge in [0.25, 0.3) is 5.89 Å². The lowest BCUT2D eigenvalue weighted by Crippen LogP contribution is -2.30. The molecule has 0 spiro atoms. The Kier molecular flexibility index (Phi) is 3.88. The molecule has 3 aromatic rings. The summed E-state index contributed by atoms with van der Waals surface area (Å²) < 4.78 is 13.1. The van der Waals surface area contributed by atoms with E-state index in [4.69, 9.17) is 9.26 Å². The number of ether oxygens (including phenoxy) is 1. The Balaban J connectivity index is 1.57. The van der Waals surface area contributed by atoms with Gasteiger partial charge in [-0.1, -0.05) is 31.1 Å². The third-order valence-electron chi connectivity index (χ3n) is 4.52. The molecule has 1 fully saturated rings. The van der Waals surface area contributed by atoms with Crippen molar-refractivity contribution in [1.29, 1.82) is 0 Å². The lowest BCUT2D eigenvalue weighted by atomic mass is 9.81. The van der Waals surface area contributed by atoms with E-state index in [-0.39, 0.29) is 17.4 Å². The maximum Gasteiger partial charge on any atom is 0.257 e. The smallest absolute Gasteiger partial charge is 0.257 e. The first-order valence-electron chi connectivity index (χ1n) is 8.45. The van der Waals surface area contributed by atoms with Crippen LogP contribution in [-0.2, 0) is 4.74 Å². The van der Waals surface area contributed by atoms with Gasteiger partial charge in [0.15, 0.2) is 5.82 Å². The van der Waals surface area contributed by atoms with Gasteiger partial charge < -0.3 is 9.26 Å². The Morgan fingerprint density at radius 3 is 2.64 bits per heavy atom. The molecule has 1 aromatic carbocycles. The first-order chi connectivity index (χ1) is 12.0. The van der Waals surface area contributed by atoms with E-state index in [1.165, 1.54) is 0 Å². The van der Waals surface area contributed by atoms with Crippen molar-refractivity contribution in [2.75, 3.05) is 6.61 Å². The van der Waals surface area contributed by atoms with E-state index in [0.29, 0.717) is 5.89 Å². The van der Waals surface area contributed by atoms with Crippen LogP contribution in [0.1, 0.15) is 38.9 Å². The maximum absolute atomic E-state index is 5.92. The summed E-state index contributed by atoms with van der Waals surface area (Å²) in [6.45, 7) is 7.28. The van der Waals surface area contributed by atoms with Crippen molar-refractivity contribution in [2.24, 2.45) is 5.41 Å². The van der Waals surface area contributed by atoms with Crippen LogP contribution in [-0.4, -0.2) is 37.8 Å². The van der Waals surface area contributed by atoms with Gasteiger partial charge in [-0.25, -0.2) is 4.68 Å². The summed E-state index contributed by atoms with van der Waals surface area (Å²) in [4.78, 5) is 4.63. The van der Waals surface area contributed by atoms with Gasteiger partial charge >= 0.3 is 0 Å². The zero-order valence-corrected chi connectivity index (χ0v) is 14.6. The van der Waals surface area contributed by atoms with Crippen molar-refractivity contribution in [2.45, 2.75) is 39.2 Å². The molecule has 0 aliphatic carbocycles. The van der Waals surface area contributed by atoms with Crippen molar-refractivity contribution >= 4 is 0 Å². The van der Waals surface area contributed by atoms with Gasteiger partial charge in [-0.05, 0) is 36.1 Å². The number of rotatable bonds is 3. The molecule has 0 amide bonds. The number of hydrogen-bond donors (Lipinski definition) is 0. The number of aromatic nitrogens is 5. The summed E-state index contributed by atoms with van der Waals surface area (Å²) in [5.74, 6) is 1.43. The van der Waals surface area contributed by atoms with Gasteiger partial charge in [0.2, 0.25) is 0 Å². The van der Waals surface area contributed by atoms with Gasteiger partial charge in [-0.15, -0.1) is 5.10 Å². The monoisotopic (exact) mass is 339 g/mol. The average Bonchev–Trinajstić information content (AvgIpc) is 3.33. The fraction of sp³-hybridized carbons (Fsp3) is 0.444. The second-order valence-corrected chi connectivity index (χ2v) is 7.40. The molecule has 1 aliphatic heterocycles. The van der Waals surface area contributed by atoms with Crippen LogP contribution in [0.4, 0.5) is 0 Å². The number of benzene rings is 1. The highest BCUT2D eigenvalue weighted by molar-refractivity contribution is 5.55. The van der Waals surface area contributed by atoms with Crippen LogP contribution in [0.5, 0.6) is 0 Å². The van der Waals surface area contributed by atoms with Crippen LogP contribution in [0.25, 0.3) is 17.1 Å². The fourth-order valence-electron chi connectivity index (χ4n) is 3.31. The summed E-state index contributed by atoms with van der Waals surface area (Å²) in [7, 11) is 0. The summed E-state index contributed by atoms with van der Waals surface area (Å²) in [5.41, 5.74) is 1.85. The first kappa shape index (κ1) is 16.0. The van der Waals surface area contributed by atoms with Gasteiger partial charge in [0, 0.05) is 12.2 Å². The Bertz CT molecular complexity index is 833. The Morgan fingerprint density at radius 1 is 1.16 bits per heavy atom. The zero-order valence-electron chi connectivity index (χ0n) is 14.6. The lowest BCUT2D eigenvalue weighted by Gasteiger charge is -2.29. The maximum atomic E-state index is 5.92. The van der Waals surface area contributed by atoms with Crippen molar-refractivity contribution in [3.63, 3.8) is 0 Å². The SMILES string of the molecule is CC(C)(C)[C@H]1OCC[C@@H]1c1noc(-c2ccc(-n3ccnn3)cc2)n1. The van der Waals surface area contributed by atoms with Crippen LogP contribution >= 0.6 is 0 Å². The largest absolute Gasteiger partial charge is 0.377 e.